The number of nitrogens with one attached hydrogen (secondary N) is 2. The molecule has 2 aromatic heterocycles. The van der Waals surface area contributed by atoms with Crippen molar-refractivity contribution in [3.63, 3.8) is 0 Å². The highest BCUT2D eigenvalue weighted by Gasteiger charge is 2.16. The van der Waals surface area contributed by atoms with Crippen LogP contribution in [0.5, 0.6) is 0 Å². The molecule has 0 radical (unpaired) electrons. The van der Waals surface area contributed by atoms with Crippen LogP contribution in [0.25, 0.3) is 11.0 Å². The van der Waals surface area contributed by atoms with Gasteiger partial charge in [0.25, 0.3) is 5.91 Å². The molecule has 0 aliphatic heterocycles. The SMILES string of the molecule is Cc1nc2c(cnn2C(C)C)cc1C(=O)NCc1ccccc1NS(C)(=O)=O. The van der Waals surface area contributed by atoms with E-state index in [0.29, 0.717) is 22.5 Å². The Labute approximate surface area is 164 Å². The number of sulfonamides is 1. The van der Waals surface area contributed by atoms with Crippen molar-refractivity contribution >= 4 is 32.7 Å². The number of fused-ring (bicyclic) bond motifs is 1. The molecule has 2 N–H and O–H groups in total. The first kappa shape index (κ1) is 19.8. The molecule has 0 unspecified atom stereocenters. The summed E-state index contributed by atoms with van der Waals surface area (Å²) in [6.07, 6.45) is 2.79. The number of rotatable bonds is 6. The second-order valence-corrected chi connectivity index (χ2v) is 8.68. The molecule has 1 aromatic carbocycles. The molecule has 1 amide bonds. The van der Waals surface area contributed by atoms with Gasteiger partial charge in [0, 0.05) is 18.0 Å². The number of aromatic nitrogens is 3. The van der Waals surface area contributed by atoms with Crippen molar-refractivity contribution in [1.82, 2.24) is 20.1 Å². The topological polar surface area (TPSA) is 106 Å². The number of nitrogens with zero attached hydrogens (tertiary/aromatic N) is 3. The molecule has 0 saturated heterocycles. The standard InChI is InChI=1S/C19H23N5O3S/c1-12(2)24-18-15(11-21-24)9-16(13(3)22-18)19(25)20-10-14-7-5-6-8-17(14)23-28(4,26)27/h5-9,11-12,23H,10H2,1-4H3,(H,20,25). The Bertz CT molecular complexity index is 1140. The summed E-state index contributed by atoms with van der Waals surface area (Å²) in [4.78, 5) is 17.2. The minimum absolute atomic E-state index is 0.169. The zero-order valence-corrected chi connectivity index (χ0v) is 17.0. The number of anilines is 1. The Balaban J connectivity index is 1.82. The Morgan fingerprint density at radius 3 is 2.64 bits per heavy atom. The predicted octanol–water partition coefficient (Wildman–Crippen LogP) is 2.62. The lowest BCUT2D eigenvalue weighted by Crippen LogP contribution is -2.25. The molecule has 9 heteroatoms. The van der Waals surface area contributed by atoms with Crippen LogP contribution < -0.4 is 10.0 Å². The number of benzene rings is 1. The summed E-state index contributed by atoms with van der Waals surface area (Å²) in [6.45, 7) is 6.00. The first-order valence-electron chi connectivity index (χ1n) is 8.84. The fraction of sp³-hybridized carbons (Fsp3) is 0.316. The van der Waals surface area contributed by atoms with E-state index in [1.165, 1.54) is 0 Å². The molecule has 0 bridgehead atoms. The minimum Gasteiger partial charge on any atom is -0.348 e. The van der Waals surface area contributed by atoms with Gasteiger partial charge in [-0.2, -0.15) is 5.10 Å². The number of para-hydroxylation sites is 1. The van der Waals surface area contributed by atoms with Gasteiger partial charge in [-0.05, 0) is 38.5 Å². The molecule has 0 spiro atoms. The Morgan fingerprint density at radius 2 is 1.96 bits per heavy atom. The Morgan fingerprint density at radius 1 is 1.25 bits per heavy atom. The largest absolute Gasteiger partial charge is 0.348 e. The van der Waals surface area contributed by atoms with Gasteiger partial charge in [0.1, 0.15) is 0 Å². The van der Waals surface area contributed by atoms with E-state index in [1.54, 1.807) is 43.5 Å². The van der Waals surface area contributed by atoms with Gasteiger partial charge in [0.05, 0.1) is 29.4 Å². The summed E-state index contributed by atoms with van der Waals surface area (Å²) in [5.41, 5.74) is 2.92. The van der Waals surface area contributed by atoms with Gasteiger partial charge in [-0.25, -0.2) is 18.1 Å². The van der Waals surface area contributed by atoms with Crippen LogP contribution in [0.4, 0.5) is 5.69 Å². The normalized spacial score (nSPS) is 11.8. The van der Waals surface area contributed by atoms with Gasteiger partial charge in [-0.15, -0.1) is 0 Å². The number of carbonyl (C=O) groups excluding carboxylic acids is 1. The second-order valence-electron chi connectivity index (χ2n) is 6.93. The molecular formula is C19H23N5O3S. The summed E-state index contributed by atoms with van der Waals surface area (Å²) < 4.78 is 27.3. The van der Waals surface area contributed by atoms with Gasteiger partial charge < -0.3 is 5.32 Å². The van der Waals surface area contributed by atoms with Crippen LogP contribution in [0.3, 0.4) is 0 Å². The number of pyridine rings is 1. The summed E-state index contributed by atoms with van der Waals surface area (Å²) >= 11 is 0. The van der Waals surface area contributed by atoms with E-state index in [1.807, 2.05) is 18.5 Å². The second kappa shape index (κ2) is 7.59. The molecule has 0 atom stereocenters. The van der Waals surface area contributed by atoms with E-state index in [9.17, 15) is 13.2 Å². The number of carbonyl (C=O) groups is 1. The summed E-state index contributed by atoms with van der Waals surface area (Å²) in [6, 6.07) is 8.88. The van der Waals surface area contributed by atoms with E-state index in [-0.39, 0.29) is 18.5 Å². The highest BCUT2D eigenvalue weighted by molar-refractivity contribution is 7.92. The van der Waals surface area contributed by atoms with Crippen LogP contribution in [0.2, 0.25) is 0 Å². The van der Waals surface area contributed by atoms with E-state index in [2.05, 4.69) is 20.1 Å². The number of hydrogen-bond donors (Lipinski definition) is 2. The van der Waals surface area contributed by atoms with Crippen LogP contribution in [0, 0.1) is 6.92 Å². The van der Waals surface area contributed by atoms with Crippen molar-refractivity contribution in [2.45, 2.75) is 33.4 Å². The zero-order valence-electron chi connectivity index (χ0n) is 16.2. The summed E-state index contributed by atoms with van der Waals surface area (Å²) in [7, 11) is -3.41. The van der Waals surface area contributed by atoms with Crippen molar-refractivity contribution in [3.8, 4) is 0 Å². The van der Waals surface area contributed by atoms with Crippen LogP contribution in [-0.2, 0) is 16.6 Å². The number of amides is 1. The fourth-order valence-electron chi connectivity index (χ4n) is 2.92. The van der Waals surface area contributed by atoms with Crippen LogP contribution >= 0.6 is 0 Å². The smallest absolute Gasteiger partial charge is 0.253 e. The summed E-state index contributed by atoms with van der Waals surface area (Å²) in [5.74, 6) is -0.279. The van der Waals surface area contributed by atoms with Crippen molar-refractivity contribution in [3.05, 3.63) is 53.3 Å². The Hall–Kier alpha value is -2.94. The lowest BCUT2D eigenvalue weighted by atomic mass is 10.1. The Kier molecular flexibility index (Phi) is 5.37. The maximum atomic E-state index is 12.7. The predicted molar refractivity (Wildman–Crippen MR) is 109 cm³/mol. The number of aryl methyl sites for hydroxylation is 1. The lowest BCUT2D eigenvalue weighted by Gasteiger charge is -2.12. The van der Waals surface area contributed by atoms with Gasteiger partial charge >= 0.3 is 0 Å². The van der Waals surface area contributed by atoms with E-state index < -0.39 is 10.0 Å². The number of hydrogen-bond acceptors (Lipinski definition) is 5. The average molecular weight is 401 g/mol. The maximum absolute atomic E-state index is 12.7. The third-order valence-corrected chi connectivity index (χ3v) is 4.84. The van der Waals surface area contributed by atoms with Gasteiger partial charge in [0.2, 0.25) is 10.0 Å². The molecular weight excluding hydrogens is 378 g/mol. The average Bonchev–Trinajstić information content (AvgIpc) is 3.01. The van der Waals surface area contributed by atoms with E-state index in [4.69, 9.17) is 0 Å². The first-order valence-corrected chi connectivity index (χ1v) is 10.7. The molecule has 0 fully saturated rings. The molecule has 3 aromatic rings. The molecule has 3 rings (SSSR count). The molecule has 0 saturated carbocycles. The van der Waals surface area contributed by atoms with Crippen molar-refractivity contribution in [2.75, 3.05) is 11.0 Å². The highest BCUT2D eigenvalue weighted by Crippen LogP contribution is 2.20. The van der Waals surface area contributed by atoms with Crippen molar-refractivity contribution < 1.29 is 13.2 Å². The first-order chi connectivity index (χ1) is 13.2. The van der Waals surface area contributed by atoms with E-state index in [0.717, 1.165) is 17.3 Å². The summed E-state index contributed by atoms with van der Waals surface area (Å²) in [5, 5.41) is 7.96. The minimum atomic E-state index is -3.41. The van der Waals surface area contributed by atoms with Crippen LogP contribution in [0.1, 0.15) is 41.5 Å². The van der Waals surface area contributed by atoms with Gasteiger partial charge in [-0.3, -0.25) is 9.52 Å². The third-order valence-electron chi connectivity index (χ3n) is 4.25. The van der Waals surface area contributed by atoms with Crippen molar-refractivity contribution in [2.24, 2.45) is 0 Å². The van der Waals surface area contributed by atoms with Crippen LogP contribution in [0.15, 0.2) is 36.5 Å². The zero-order chi connectivity index (χ0) is 20.5. The highest BCUT2D eigenvalue weighted by atomic mass is 32.2. The molecule has 28 heavy (non-hydrogen) atoms. The van der Waals surface area contributed by atoms with Gasteiger partial charge in [-0.1, -0.05) is 18.2 Å². The van der Waals surface area contributed by atoms with E-state index >= 15 is 0 Å². The molecule has 148 valence electrons. The molecule has 2 heterocycles. The molecule has 0 aliphatic rings. The monoisotopic (exact) mass is 401 g/mol. The quantitative estimate of drug-likeness (QED) is 0.660. The fourth-order valence-corrected chi connectivity index (χ4v) is 3.52. The molecule has 0 aliphatic carbocycles. The molecule has 8 nitrogen and oxygen atoms in total. The lowest BCUT2D eigenvalue weighted by molar-refractivity contribution is 0.0950. The third kappa shape index (κ3) is 4.30. The van der Waals surface area contributed by atoms with Crippen molar-refractivity contribution in [1.29, 1.82) is 0 Å². The maximum Gasteiger partial charge on any atom is 0.253 e. The van der Waals surface area contributed by atoms with Crippen LogP contribution in [-0.4, -0.2) is 35.3 Å². The van der Waals surface area contributed by atoms with Gasteiger partial charge in [0.15, 0.2) is 5.65 Å².